The van der Waals surface area contributed by atoms with Gasteiger partial charge in [0.1, 0.15) is 0 Å². The van der Waals surface area contributed by atoms with Crippen LogP contribution in [0.3, 0.4) is 0 Å². The first kappa shape index (κ1) is 17.0. The summed E-state index contributed by atoms with van der Waals surface area (Å²) in [4.78, 5) is 14.6. The number of anilines is 1. The molecule has 4 rings (SSSR count). The van der Waals surface area contributed by atoms with Crippen molar-refractivity contribution in [3.63, 3.8) is 0 Å². The third-order valence-corrected chi connectivity index (χ3v) is 6.03. The molecule has 1 aliphatic heterocycles. The van der Waals surface area contributed by atoms with Gasteiger partial charge < -0.3 is 10.1 Å². The Bertz CT molecular complexity index is 592. The van der Waals surface area contributed by atoms with Gasteiger partial charge in [-0.25, -0.2) is 0 Å². The van der Waals surface area contributed by atoms with Crippen LogP contribution in [-0.2, 0) is 9.53 Å². The van der Waals surface area contributed by atoms with Crippen LogP contribution < -0.4 is 5.32 Å². The molecule has 0 spiro atoms. The SMILES string of the molecule is COC[C@@H]1C[C@H](n2cc(NC(=O)C3CC3)cn2)CN1C1CCCCC1. The highest BCUT2D eigenvalue weighted by atomic mass is 16.5. The molecule has 6 heteroatoms. The van der Waals surface area contributed by atoms with Crippen molar-refractivity contribution in [2.24, 2.45) is 5.92 Å². The maximum atomic E-state index is 11.9. The zero-order valence-electron chi connectivity index (χ0n) is 15.2. The summed E-state index contributed by atoms with van der Waals surface area (Å²) in [7, 11) is 1.80. The Balaban J connectivity index is 1.41. The minimum Gasteiger partial charge on any atom is -0.383 e. The molecule has 138 valence electrons. The van der Waals surface area contributed by atoms with Gasteiger partial charge in [0.15, 0.2) is 0 Å². The lowest BCUT2D eigenvalue weighted by Crippen LogP contribution is -2.42. The molecule has 0 aromatic carbocycles. The molecule has 1 aromatic rings. The molecule has 2 atom stereocenters. The number of nitrogens with zero attached hydrogens (tertiary/aromatic N) is 3. The van der Waals surface area contributed by atoms with Crippen LogP contribution in [0.1, 0.15) is 57.4 Å². The van der Waals surface area contributed by atoms with E-state index >= 15 is 0 Å². The van der Waals surface area contributed by atoms with Crippen LogP contribution in [0.15, 0.2) is 12.4 Å². The van der Waals surface area contributed by atoms with Crippen molar-refractivity contribution >= 4 is 11.6 Å². The third kappa shape index (κ3) is 3.90. The van der Waals surface area contributed by atoms with E-state index in [0.717, 1.165) is 38.1 Å². The summed E-state index contributed by atoms with van der Waals surface area (Å²) in [5.41, 5.74) is 0.830. The zero-order valence-corrected chi connectivity index (χ0v) is 15.2. The minimum atomic E-state index is 0.145. The summed E-state index contributed by atoms with van der Waals surface area (Å²) in [6, 6.07) is 1.55. The molecule has 1 saturated heterocycles. The quantitative estimate of drug-likeness (QED) is 0.860. The second-order valence-corrected chi connectivity index (χ2v) is 7.96. The van der Waals surface area contributed by atoms with Crippen LogP contribution in [0.2, 0.25) is 0 Å². The van der Waals surface area contributed by atoms with E-state index in [9.17, 15) is 4.79 Å². The highest BCUT2D eigenvalue weighted by Crippen LogP contribution is 2.34. The van der Waals surface area contributed by atoms with Crippen molar-refractivity contribution < 1.29 is 9.53 Å². The Kier molecular flexibility index (Phi) is 5.08. The van der Waals surface area contributed by atoms with E-state index in [1.165, 1.54) is 32.1 Å². The molecule has 1 amide bonds. The number of likely N-dealkylation sites (tertiary alicyclic amines) is 1. The predicted octanol–water partition coefficient (Wildman–Crippen LogP) is 2.83. The van der Waals surface area contributed by atoms with Gasteiger partial charge in [0.25, 0.3) is 0 Å². The largest absolute Gasteiger partial charge is 0.383 e. The average Bonchev–Trinajstić information content (AvgIpc) is 3.25. The van der Waals surface area contributed by atoms with Crippen LogP contribution in [-0.4, -0.2) is 52.9 Å². The summed E-state index contributed by atoms with van der Waals surface area (Å²) in [5, 5.41) is 7.54. The Labute approximate surface area is 149 Å². The molecule has 6 nitrogen and oxygen atoms in total. The van der Waals surface area contributed by atoms with Crippen LogP contribution in [0.5, 0.6) is 0 Å². The number of aromatic nitrogens is 2. The molecule has 2 heterocycles. The van der Waals surface area contributed by atoms with Crippen molar-refractivity contribution in [1.29, 1.82) is 0 Å². The first-order chi connectivity index (χ1) is 12.2. The van der Waals surface area contributed by atoms with Gasteiger partial charge in [-0.05, 0) is 32.1 Å². The van der Waals surface area contributed by atoms with Crippen molar-refractivity contribution in [2.75, 3.05) is 25.6 Å². The summed E-state index contributed by atoms with van der Waals surface area (Å²) < 4.78 is 7.54. The fourth-order valence-electron chi connectivity index (χ4n) is 4.52. The van der Waals surface area contributed by atoms with E-state index < -0.39 is 0 Å². The van der Waals surface area contributed by atoms with E-state index in [0.29, 0.717) is 18.1 Å². The first-order valence-electron chi connectivity index (χ1n) is 9.84. The van der Waals surface area contributed by atoms with Gasteiger partial charge in [-0.2, -0.15) is 5.10 Å². The van der Waals surface area contributed by atoms with Crippen molar-refractivity contribution in [3.05, 3.63) is 12.4 Å². The summed E-state index contributed by atoms with van der Waals surface area (Å²) in [5.74, 6) is 0.370. The standard InChI is InChI=1S/C19H30N4O2/c1-25-13-18-9-17(12-22(18)16-5-3-2-4-6-16)23-11-15(10-20-23)21-19(24)14-7-8-14/h10-11,14,16-18H,2-9,12-13H2,1H3,(H,21,24)/t17-,18-/m0/s1. The van der Waals surface area contributed by atoms with Crippen molar-refractivity contribution in [1.82, 2.24) is 14.7 Å². The molecule has 25 heavy (non-hydrogen) atoms. The van der Waals surface area contributed by atoms with Crippen LogP contribution in [0, 0.1) is 5.92 Å². The number of hydrogen-bond donors (Lipinski definition) is 1. The Morgan fingerprint density at radius 3 is 2.76 bits per heavy atom. The second-order valence-electron chi connectivity index (χ2n) is 7.96. The smallest absolute Gasteiger partial charge is 0.227 e. The zero-order chi connectivity index (χ0) is 17.2. The minimum absolute atomic E-state index is 0.145. The molecule has 2 saturated carbocycles. The molecule has 3 aliphatic rings. The number of nitrogens with one attached hydrogen (secondary N) is 1. The molecule has 2 aliphatic carbocycles. The molecule has 1 N–H and O–H groups in total. The van der Waals surface area contributed by atoms with Gasteiger partial charge in [0, 0.05) is 37.9 Å². The lowest BCUT2D eigenvalue weighted by atomic mass is 9.94. The summed E-state index contributed by atoms with van der Waals surface area (Å²) in [6.45, 7) is 1.83. The number of hydrogen-bond acceptors (Lipinski definition) is 4. The Morgan fingerprint density at radius 1 is 1.24 bits per heavy atom. The molecule has 0 radical (unpaired) electrons. The molecular formula is C19H30N4O2. The third-order valence-electron chi connectivity index (χ3n) is 6.03. The summed E-state index contributed by atoms with van der Waals surface area (Å²) >= 11 is 0. The van der Waals surface area contributed by atoms with E-state index in [4.69, 9.17) is 4.74 Å². The maximum Gasteiger partial charge on any atom is 0.227 e. The molecule has 0 bridgehead atoms. The first-order valence-corrected chi connectivity index (χ1v) is 9.84. The van der Waals surface area contributed by atoms with Gasteiger partial charge in [-0.15, -0.1) is 0 Å². The fourth-order valence-corrected chi connectivity index (χ4v) is 4.52. The van der Waals surface area contributed by atoms with Crippen LogP contribution >= 0.6 is 0 Å². The lowest BCUT2D eigenvalue weighted by molar-refractivity contribution is -0.117. The topological polar surface area (TPSA) is 59.4 Å². The lowest BCUT2D eigenvalue weighted by Gasteiger charge is -2.35. The van der Waals surface area contributed by atoms with Gasteiger partial charge in [0.2, 0.25) is 5.91 Å². The second kappa shape index (κ2) is 7.46. The Morgan fingerprint density at radius 2 is 2.04 bits per heavy atom. The molecule has 3 fully saturated rings. The normalized spacial score (nSPS) is 28.4. The maximum absolute atomic E-state index is 11.9. The fraction of sp³-hybridized carbons (Fsp3) is 0.789. The molecule has 1 aromatic heterocycles. The number of methoxy groups -OCH3 is 1. The molecular weight excluding hydrogens is 316 g/mol. The van der Waals surface area contributed by atoms with E-state index in [2.05, 4.69) is 15.3 Å². The van der Waals surface area contributed by atoms with Crippen LogP contribution in [0.25, 0.3) is 0 Å². The molecule has 0 unspecified atom stereocenters. The van der Waals surface area contributed by atoms with Gasteiger partial charge in [0.05, 0.1) is 24.5 Å². The Hall–Kier alpha value is -1.40. The highest BCUT2D eigenvalue weighted by molar-refractivity contribution is 5.93. The number of amides is 1. The monoisotopic (exact) mass is 346 g/mol. The van der Waals surface area contributed by atoms with E-state index in [-0.39, 0.29) is 11.8 Å². The number of ether oxygens (including phenoxy) is 1. The van der Waals surface area contributed by atoms with Gasteiger partial charge >= 0.3 is 0 Å². The average molecular weight is 346 g/mol. The number of carbonyl (C=O) groups excluding carboxylic acids is 1. The van der Waals surface area contributed by atoms with E-state index in [1.807, 2.05) is 10.9 Å². The number of carbonyl (C=O) groups is 1. The van der Waals surface area contributed by atoms with Crippen molar-refractivity contribution in [3.8, 4) is 0 Å². The van der Waals surface area contributed by atoms with E-state index in [1.54, 1.807) is 13.3 Å². The highest BCUT2D eigenvalue weighted by Gasteiger charge is 2.38. The van der Waals surface area contributed by atoms with Crippen LogP contribution in [0.4, 0.5) is 5.69 Å². The predicted molar refractivity (Wildman–Crippen MR) is 96.5 cm³/mol. The van der Waals surface area contributed by atoms with Crippen molar-refractivity contribution in [2.45, 2.75) is 69.5 Å². The number of rotatable bonds is 6. The summed E-state index contributed by atoms with van der Waals surface area (Å²) in [6.07, 6.45) is 13.6. The van der Waals surface area contributed by atoms with Gasteiger partial charge in [-0.3, -0.25) is 14.4 Å². The van der Waals surface area contributed by atoms with Gasteiger partial charge in [-0.1, -0.05) is 19.3 Å².